The molecule has 1 heterocycles. The lowest BCUT2D eigenvalue weighted by atomic mass is 10.1. The van der Waals surface area contributed by atoms with Crippen molar-refractivity contribution in [1.29, 1.82) is 0 Å². The zero-order chi connectivity index (χ0) is 16.4. The second-order valence-corrected chi connectivity index (χ2v) is 5.84. The van der Waals surface area contributed by atoms with Crippen molar-refractivity contribution in [3.8, 4) is 0 Å². The van der Waals surface area contributed by atoms with Gasteiger partial charge in [0.25, 0.3) is 5.56 Å². The number of H-pyrrole nitrogens is 1. The van der Waals surface area contributed by atoms with Gasteiger partial charge < -0.3 is 9.88 Å². The molecule has 0 spiro atoms. The third-order valence-corrected chi connectivity index (χ3v) is 4.18. The third-order valence-electron chi connectivity index (χ3n) is 4.18. The van der Waals surface area contributed by atoms with Gasteiger partial charge in [0.15, 0.2) is 5.82 Å². The first-order valence-corrected chi connectivity index (χ1v) is 7.60. The normalized spacial score (nSPS) is 13.9. The van der Waals surface area contributed by atoms with E-state index in [9.17, 15) is 9.18 Å². The van der Waals surface area contributed by atoms with E-state index in [1.807, 2.05) is 32.2 Å². The summed E-state index contributed by atoms with van der Waals surface area (Å²) in [6.07, 6.45) is 0. The van der Waals surface area contributed by atoms with Gasteiger partial charge in [0, 0.05) is 5.56 Å². The molecule has 4 nitrogen and oxygen atoms in total. The molecule has 0 amide bonds. The quantitative estimate of drug-likeness (QED) is 0.772. The van der Waals surface area contributed by atoms with Crippen LogP contribution in [0.4, 0.5) is 4.39 Å². The van der Waals surface area contributed by atoms with Gasteiger partial charge in [-0.3, -0.25) is 4.79 Å². The highest BCUT2D eigenvalue weighted by atomic mass is 19.1. The van der Waals surface area contributed by atoms with Gasteiger partial charge in [-0.1, -0.05) is 24.3 Å². The van der Waals surface area contributed by atoms with E-state index in [0.717, 1.165) is 17.0 Å². The lowest BCUT2D eigenvalue weighted by Gasteiger charge is -2.21. The van der Waals surface area contributed by atoms with Crippen LogP contribution in [-0.4, -0.2) is 17.0 Å². The van der Waals surface area contributed by atoms with Gasteiger partial charge in [0.2, 0.25) is 0 Å². The number of benzene rings is 2. The SMILES string of the molecule is C[C@@H](c1nc2ccccc2c(=O)[nH]1)[NH+](C)Cc1ccc(F)cc1. The Morgan fingerprint density at radius 3 is 2.61 bits per heavy atom. The van der Waals surface area contributed by atoms with Crippen molar-refractivity contribution >= 4 is 10.9 Å². The average Bonchev–Trinajstić information content (AvgIpc) is 2.56. The second-order valence-electron chi connectivity index (χ2n) is 5.84. The maximum atomic E-state index is 13.0. The molecule has 0 fully saturated rings. The molecule has 0 saturated carbocycles. The molecule has 2 atom stereocenters. The minimum Gasteiger partial charge on any atom is -0.325 e. The summed E-state index contributed by atoms with van der Waals surface area (Å²) in [7, 11) is 2.03. The minimum absolute atomic E-state index is 0.0114. The Morgan fingerprint density at radius 2 is 1.87 bits per heavy atom. The Kier molecular flexibility index (Phi) is 4.21. The summed E-state index contributed by atoms with van der Waals surface area (Å²) in [6.45, 7) is 2.74. The van der Waals surface area contributed by atoms with Crippen LogP contribution in [0.25, 0.3) is 10.9 Å². The van der Waals surface area contributed by atoms with Crippen molar-refractivity contribution in [1.82, 2.24) is 9.97 Å². The molecule has 118 valence electrons. The molecule has 3 aromatic rings. The molecule has 2 N–H and O–H groups in total. The van der Waals surface area contributed by atoms with Crippen molar-refractivity contribution in [2.75, 3.05) is 7.05 Å². The fourth-order valence-corrected chi connectivity index (χ4v) is 2.62. The van der Waals surface area contributed by atoms with E-state index < -0.39 is 0 Å². The maximum absolute atomic E-state index is 13.0. The summed E-state index contributed by atoms with van der Waals surface area (Å²) in [5.41, 5.74) is 1.62. The van der Waals surface area contributed by atoms with Crippen molar-refractivity contribution in [2.45, 2.75) is 19.5 Å². The van der Waals surface area contributed by atoms with Crippen LogP contribution >= 0.6 is 0 Å². The summed E-state index contributed by atoms with van der Waals surface area (Å²) < 4.78 is 13.0. The smallest absolute Gasteiger partial charge is 0.258 e. The van der Waals surface area contributed by atoms with Gasteiger partial charge in [-0.15, -0.1) is 0 Å². The molecule has 5 heteroatoms. The van der Waals surface area contributed by atoms with Crippen LogP contribution < -0.4 is 10.5 Å². The molecule has 23 heavy (non-hydrogen) atoms. The number of para-hydroxylation sites is 1. The Morgan fingerprint density at radius 1 is 1.17 bits per heavy atom. The van der Waals surface area contributed by atoms with Gasteiger partial charge in [0.05, 0.1) is 18.0 Å². The number of halogens is 1. The van der Waals surface area contributed by atoms with Crippen LogP contribution in [0.5, 0.6) is 0 Å². The lowest BCUT2D eigenvalue weighted by molar-refractivity contribution is -0.924. The Hall–Kier alpha value is -2.53. The van der Waals surface area contributed by atoms with Gasteiger partial charge in [-0.2, -0.15) is 0 Å². The predicted octanol–water partition coefficient (Wildman–Crippen LogP) is 1.84. The number of hydrogen-bond donors (Lipinski definition) is 2. The van der Waals surface area contributed by atoms with Crippen LogP contribution in [0.1, 0.15) is 24.4 Å². The monoisotopic (exact) mass is 312 g/mol. The van der Waals surface area contributed by atoms with E-state index >= 15 is 0 Å². The highest BCUT2D eigenvalue weighted by molar-refractivity contribution is 5.77. The van der Waals surface area contributed by atoms with Crippen LogP contribution in [0.2, 0.25) is 0 Å². The second kappa shape index (κ2) is 6.30. The third kappa shape index (κ3) is 3.29. The van der Waals surface area contributed by atoms with Crippen LogP contribution in [-0.2, 0) is 6.54 Å². The van der Waals surface area contributed by atoms with E-state index in [2.05, 4.69) is 9.97 Å². The van der Waals surface area contributed by atoms with E-state index in [1.54, 1.807) is 18.2 Å². The highest BCUT2D eigenvalue weighted by Crippen LogP contribution is 2.09. The number of rotatable bonds is 4. The van der Waals surface area contributed by atoms with Crippen LogP contribution in [0, 0.1) is 5.82 Å². The molecule has 0 saturated heterocycles. The lowest BCUT2D eigenvalue weighted by Crippen LogP contribution is -3.07. The largest absolute Gasteiger partial charge is 0.325 e. The standard InChI is InChI=1S/C18H18FN3O/c1-12(22(2)11-13-7-9-14(19)10-8-13)17-20-16-6-4-3-5-15(16)18(23)21-17/h3-10,12H,11H2,1-2H3,(H,20,21,23)/p+1/t12-/m0/s1. The first kappa shape index (κ1) is 15.4. The number of nitrogens with one attached hydrogen (secondary N) is 2. The molecule has 3 rings (SSSR count). The minimum atomic E-state index is -0.236. The highest BCUT2D eigenvalue weighted by Gasteiger charge is 2.19. The van der Waals surface area contributed by atoms with Crippen LogP contribution in [0.15, 0.2) is 53.3 Å². The van der Waals surface area contributed by atoms with E-state index in [0.29, 0.717) is 16.7 Å². The molecule has 1 aromatic heterocycles. The summed E-state index contributed by atoms with van der Waals surface area (Å²) >= 11 is 0. The predicted molar refractivity (Wildman–Crippen MR) is 87.8 cm³/mol. The molecule has 0 aliphatic heterocycles. The van der Waals surface area contributed by atoms with Gasteiger partial charge in [0.1, 0.15) is 18.4 Å². The van der Waals surface area contributed by atoms with Gasteiger partial charge >= 0.3 is 0 Å². The number of quaternary nitrogens is 1. The zero-order valence-corrected chi connectivity index (χ0v) is 13.1. The molecule has 0 aliphatic carbocycles. The molecular formula is C18H19FN3O+. The molecule has 1 unspecified atom stereocenters. The molecule has 0 radical (unpaired) electrons. The molecular weight excluding hydrogens is 293 g/mol. The number of nitrogens with zero attached hydrogens (tertiary/aromatic N) is 1. The Labute approximate surface area is 133 Å². The van der Waals surface area contributed by atoms with Crippen molar-refractivity contribution in [2.24, 2.45) is 0 Å². The van der Waals surface area contributed by atoms with E-state index in [-0.39, 0.29) is 17.4 Å². The van der Waals surface area contributed by atoms with Gasteiger partial charge in [-0.05, 0) is 31.2 Å². The molecule has 0 bridgehead atoms. The summed E-state index contributed by atoms with van der Waals surface area (Å²) in [4.78, 5) is 20.8. The maximum Gasteiger partial charge on any atom is 0.258 e. The van der Waals surface area contributed by atoms with Crippen molar-refractivity contribution in [3.05, 3.63) is 76.1 Å². The first-order chi connectivity index (χ1) is 11.0. The summed E-state index contributed by atoms with van der Waals surface area (Å²) in [5, 5.41) is 0.597. The number of aromatic amines is 1. The molecule has 2 aromatic carbocycles. The van der Waals surface area contributed by atoms with Crippen LogP contribution in [0.3, 0.4) is 0 Å². The van der Waals surface area contributed by atoms with E-state index in [4.69, 9.17) is 0 Å². The number of hydrogen-bond acceptors (Lipinski definition) is 2. The summed E-state index contributed by atoms with van der Waals surface area (Å²) in [5.74, 6) is 0.424. The zero-order valence-electron chi connectivity index (χ0n) is 13.1. The fraction of sp³-hybridized carbons (Fsp3) is 0.222. The fourth-order valence-electron chi connectivity index (χ4n) is 2.62. The van der Waals surface area contributed by atoms with Gasteiger partial charge in [-0.25, -0.2) is 9.37 Å². The average molecular weight is 312 g/mol. The Balaban J connectivity index is 1.85. The first-order valence-electron chi connectivity index (χ1n) is 7.60. The van der Waals surface area contributed by atoms with Crippen molar-refractivity contribution in [3.63, 3.8) is 0 Å². The van der Waals surface area contributed by atoms with Crippen molar-refractivity contribution < 1.29 is 9.29 Å². The topological polar surface area (TPSA) is 50.2 Å². The number of aromatic nitrogens is 2. The van der Waals surface area contributed by atoms with E-state index in [1.165, 1.54) is 12.1 Å². The summed E-state index contributed by atoms with van der Waals surface area (Å²) in [6, 6.07) is 13.8. The molecule has 0 aliphatic rings. The number of fused-ring (bicyclic) bond motifs is 1. The Bertz CT molecular complexity index is 873.